The predicted octanol–water partition coefficient (Wildman–Crippen LogP) is 0.312. The van der Waals surface area contributed by atoms with Gasteiger partial charge in [-0.25, -0.2) is 0 Å². The van der Waals surface area contributed by atoms with E-state index in [4.69, 9.17) is 16.2 Å². The second-order valence-corrected chi connectivity index (χ2v) is 26.4. The number of ketones is 6. The Kier molecular flexibility index (Phi) is 43.9. The lowest BCUT2D eigenvalue weighted by atomic mass is 9.89. The van der Waals surface area contributed by atoms with Crippen LogP contribution in [0.1, 0.15) is 188 Å². The average molecular weight is 1450 g/mol. The molecule has 568 valence electrons. The highest BCUT2D eigenvalue weighted by atomic mass is 32.2. The maximum Gasteiger partial charge on any atom is 0.303 e. The summed E-state index contributed by atoms with van der Waals surface area (Å²) in [6.45, 7) is 6.26. The first-order chi connectivity index (χ1) is 47.5. The van der Waals surface area contributed by atoms with Crippen LogP contribution in [0, 0.1) is 29.6 Å². The highest BCUT2D eigenvalue weighted by Gasteiger charge is 2.38. The molecular weight excluding hydrogens is 1350 g/mol. The number of rotatable bonds is 58. The molecule has 15 N–H and O–H groups in total. The number of nitrogens with zero attached hydrogens (tertiary/aromatic N) is 1. The molecule has 1 fully saturated rings. The molecule has 0 bridgehead atoms. The normalized spacial score (nSPS) is 15.3. The van der Waals surface area contributed by atoms with Crippen LogP contribution in [0.15, 0.2) is 0 Å². The fourth-order valence-corrected chi connectivity index (χ4v) is 11.5. The number of carboxylic acid groups (broad SMARTS) is 5. The molecule has 1 rings (SSSR count). The first kappa shape index (κ1) is 90.4. The molecule has 0 aromatic rings. The summed E-state index contributed by atoms with van der Waals surface area (Å²) in [5.41, 5.74) is 11.0. The molecule has 101 heavy (non-hydrogen) atoms. The number of hydrogen-bond donors (Lipinski definition) is 13. The van der Waals surface area contributed by atoms with Gasteiger partial charge in [-0.15, -0.1) is 0 Å². The zero-order valence-corrected chi connectivity index (χ0v) is 59.0. The molecule has 0 aromatic heterocycles. The topological polar surface area (TPSA) is 562 Å². The van der Waals surface area contributed by atoms with E-state index >= 15 is 0 Å². The predicted molar refractivity (Wildman–Crippen MR) is 359 cm³/mol. The van der Waals surface area contributed by atoms with Gasteiger partial charge in [0.1, 0.15) is 18.7 Å². The molecular formula is C66H103N9O25S. The quantitative estimate of drug-likeness (QED) is 0.0365. The number of Topliss-reactive ketones (excluding diaryl/α,β-unsaturated/α-hetero) is 6. The molecule has 0 spiro atoms. The van der Waals surface area contributed by atoms with Crippen molar-refractivity contribution >= 4 is 124 Å². The lowest BCUT2D eigenvalue weighted by molar-refractivity contribution is -0.141. The van der Waals surface area contributed by atoms with E-state index in [2.05, 4.69) is 31.9 Å². The molecule has 0 aromatic carbocycles. The van der Waals surface area contributed by atoms with Gasteiger partial charge in [-0.3, -0.25) is 91.1 Å². The summed E-state index contributed by atoms with van der Waals surface area (Å²) in [6, 6.07) is -7.42. The van der Waals surface area contributed by atoms with Gasteiger partial charge in [0, 0.05) is 126 Å². The van der Waals surface area contributed by atoms with E-state index in [1.54, 1.807) is 13.2 Å². The molecule has 34 nitrogen and oxygen atoms in total. The van der Waals surface area contributed by atoms with Crippen molar-refractivity contribution in [1.82, 2.24) is 36.8 Å². The maximum absolute atomic E-state index is 14.1. The van der Waals surface area contributed by atoms with E-state index in [0.717, 1.165) is 0 Å². The molecule has 0 aliphatic carbocycles. The number of nitrogens with two attached hydrogens (primary N) is 2. The standard InChI is InChI=1S/C66H103N9O25S/c1-6-55(83)75-27-9-13-49(75)66(99)74-47(29-37(2)3)50(78)19-20-54(82)70-48(36-101-5)51(79)30-38(4)62(95)69-34-42(76)11-10-28-100-35-43(77)31-39(14-21-56(84)85)63(96)71-44(17-24-59(90)91)52(80)32-40(15-22-57(86)87)64(97)72-45(18-25-60(92)93)53(81)33-41(16-23-58(88)89)65(98)73-46(61(68)94)12-7-8-26-67/h37-41,44-49H,6-36,67H2,1-5H3,(H2,68,94)(H,69,95)(H,70,82)(H,71,96)(H,72,97)(H,73,98)(H,74,99)(H,84,85)(H,86,87)(H,88,89)(H,90,91)(H,92,93)/t38-,39+,40+,41+,44-,45-,46-,47+,48+,49+/m1/s1. The van der Waals surface area contributed by atoms with Crippen LogP contribution in [0.25, 0.3) is 0 Å². The molecule has 0 radical (unpaired) electrons. The zero-order chi connectivity index (χ0) is 76.5. The number of carbonyl (C=O) groups excluding carboxylic acids is 14. The first-order valence-electron chi connectivity index (χ1n) is 33.9. The summed E-state index contributed by atoms with van der Waals surface area (Å²) < 4.78 is 5.41. The van der Waals surface area contributed by atoms with Gasteiger partial charge in [0.2, 0.25) is 47.3 Å². The Morgan fingerprint density at radius 3 is 1.47 bits per heavy atom. The van der Waals surface area contributed by atoms with Gasteiger partial charge in [-0.05, 0) is 95.8 Å². The lowest BCUT2D eigenvalue weighted by Gasteiger charge is -2.26. The lowest BCUT2D eigenvalue weighted by Crippen LogP contribution is -2.51. The van der Waals surface area contributed by atoms with E-state index in [1.165, 1.54) is 23.6 Å². The first-order valence-corrected chi connectivity index (χ1v) is 35.3. The van der Waals surface area contributed by atoms with Gasteiger partial charge in [-0.1, -0.05) is 27.7 Å². The van der Waals surface area contributed by atoms with E-state index in [9.17, 15) is 117 Å². The third kappa shape index (κ3) is 38.1. The number of unbranched alkanes of at least 4 members (excludes halogenated alkanes) is 1. The third-order valence-electron chi connectivity index (χ3n) is 16.6. The fourth-order valence-electron chi connectivity index (χ4n) is 10.9. The second-order valence-electron chi connectivity index (χ2n) is 25.5. The van der Waals surface area contributed by atoms with Gasteiger partial charge in [0.25, 0.3) is 0 Å². The number of ether oxygens (including phenoxy) is 1. The van der Waals surface area contributed by atoms with Crippen LogP contribution in [0.3, 0.4) is 0 Å². The Hall–Kier alpha value is -8.60. The molecule has 1 heterocycles. The van der Waals surface area contributed by atoms with Gasteiger partial charge in [0.15, 0.2) is 34.7 Å². The number of likely N-dealkylation sites (tertiary alicyclic amines) is 1. The van der Waals surface area contributed by atoms with E-state index in [-0.39, 0.29) is 75.7 Å². The van der Waals surface area contributed by atoms with Crippen molar-refractivity contribution in [2.24, 2.45) is 41.1 Å². The monoisotopic (exact) mass is 1450 g/mol. The van der Waals surface area contributed by atoms with Gasteiger partial charge in [-0.2, -0.15) is 11.8 Å². The summed E-state index contributed by atoms with van der Waals surface area (Å²) in [6.07, 6.45) is -5.87. The molecule has 1 saturated heterocycles. The van der Waals surface area contributed by atoms with Crippen molar-refractivity contribution in [3.63, 3.8) is 0 Å². The van der Waals surface area contributed by atoms with Crippen LogP contribution < -0.4 is 43.4 Å². The van der Waals surface area contributed by atoms with Crippen LogP contribution in [-0.4, -0.2) is 223 Å². The zero-order valence-electron chi connectivity index (χ0n) is 58.2. The molecule has 10 atom stereocenters. The van der Waals surface area contributed by atoms with Crippen molar-refractivity contribution in [3.05, 3.63) is 0 Å². The minimum Gasteiger partial charge on any atom is -0.481 e. The summed E-state index contributed by atoms with van der Waals surface area (Å²) in [4.78, 5) is 246. The Labute approximate surface area is 589 Å². The molecule has 0 unspecified atom stereocenters. The van der Waals surface area contributed by atoms with E-state index < -0.39 is 262 Å². The number of carboxylic acids is 5. The van der Waals surface area contributed by atoms with Gasteiger partial charge in [0.05, 0.1) is 30.7 Å². The average Bonchev–Trinajstić information content (AvgIpc) is 1.79. The smallest absolute Gasteiger partial charge is 0.303 e. The molecule has 1 aliphatic rings. The number of primary amides is 1. The van der Waals surface area contributed by atoms with Crippen LogP contribution in [0.5, 0.6) is 0 Å². The van der Waals surface area contributed by atoms with Gasteiger partial charge >= 0.3 is 29.8 Å². The summed E-state index contributed by atoms with van der Waals surface area (Å²) in [5.74, 6) is -22.9. The van der Waals surface area contributed by atoms with Crippen molar-refractivity contribution in [2.75, 3.05) is 44.9 Å². The Morgan fingerprint density at radius 2 is 1.00 bits per heavy atom. The number of hydrogen-bond acceptors (Lipinski definition) is 22. The van der Waals surface area contributed by atoms with Crippen LogP contribution in [-0.2, 0) is 95.8 Å². The number of thioether (sulfide) groups is 1. The molecule has 8 amide bonds. The minimum atomic E-state index is -1.77. The SMILES string of the molecule is CCC(=O)N1CCC[C@H]1C(=O)N[C@@H](CC(C)C)C(=O)CCC(=O)N[C@@H](CSC)C(=O)C[C@@H](C)C(=O)NCC(=O)CCCOCC(=O)C[C@H](CCC(=O)O)C(=O)N[C@H](CCC(=O)O)C(=O)C[C@H](CCC(=O)O)C(=O)N[C@H](CCC(=O)O)C(=O)C[C@H](CCC(=O)O)C(=O)N[C@H](CCCCN)C(N)=O. The Bertz CT molecular complexity index is 2910. The number of amides is 8. The highest BCUT2D eigenvalue weighted by molar-refractivity contribution is 7.98. The van der Waals surface area contributed by atoms with Crippen molar-refractivity contribution in [2.45, 2.75) is 224 Å². The fraction of sp³-hybridized carbons (Fsp3) is 0.712. The number of carbonyl (C=O) groups is 19. The van der Waals surface area contributed by atoms with E-state index in [0.29, 0.717) is 38.6 Å². The van der Waals surface area contributed by atoms with Crippen LogP contribution in [0.4, 0.5) is 0 Å². The summed E-state index contributed by atoms with van der Waals surface area (Å²) in [7, 11) is 0. The highest BCUT2D eigenvalue weighted by Crippen LogP contribution is 2.23. The third-order valence-corrected chi connectivity index (χ3v) is 17.2. The Morgan fingerprint density at radius 1 is 0.515 bits per heavy atom. The summed E-state index contributed by atoms with van der Waals surface area (Å²) in [5, 5.41) is 62.4. The molecule has 0 saturated carbocycles. The summed E-state index contributed by atoms with van der Waals surface area (Å²) >= 11 is 1.25. The number of nitrogens with one attached hydrogen (secondary N) is 6. The van der Waals surface area contributed by atoms with Crippen molar-refractivity contribution in [3.8, 4) is 0 Å². The minimum absolute atomic E-state index is 0.000487. The van der Waals surface area contributed by atoms with Crippen molar-refractivity contribution < 1.29 is 121 Å². The van der Waals surface area contributed by atoms with Crippen LogP contribution >= 0.6 is 11.8 Å². The van der Waals surface area contributed by atoms with E-state index in [1.807, 2.05) is 13.8 Å². The van der Waals surface area contributed by atoms with Gasteiger partial charge < -0.3 is 78.5 Å². The van der Waals surface area contributed by atoms with Crippen molar-refractivity contribution in [1.29, 1.82) is 0 Å². The Balaban J connectivity index is 3.04. The molecule has 1 aliphatic heterocycles. The largest absolute Gasteiger partial charge is 0.481 e. The number of aliphatic carboxylic acids is 5. The molecule has 35 heteroatoms. The maximum atomic E-state index is 14.1. The second kappa shape index (κ2) is 49.1. The van der Waals surface area contributed by atoms with Crippen LogP contribution in [0.2, 0.25) is 0 Å².